The molecular weight excluding hydrogens is 342 g/mol. The van der Waals surface area contributed by atoms with Gasteiger partial charge in [0.25, 0.3) is 0 Å². The highest BCUT2D eigenvalue weighted by atomic mass is 16.4. The zero-order chi connectivity index (χ0) is 20.8. The second-order valence-corrected chi connectivity index (χ2v) is 8.47. The molecule has 156 valence electrons. The van der Waals surface area contributed by atoms with Crippen molar-refractivity contribution in [1.82, 2.24) is 0 Å². The number of nitrogens with zero attached hydrogens (tertiary/aromatic N) is 1. The molecule has 0 aromatic heterocycles. The van der Waals surface area contributed by atoms with Gasteiger partial charge in [-0.1, -0.05) is 70.1 Å². The molecule has 1 atom stereocenters. The van der Waals surface area contributed by atoms with Crippen LogP contribution >= 0.6 is 0 Å². The summed E-state index contributed by atoms with van der Waals surface area (Å²) in [6.45, 7) is 2.27. The minimum Gasteiger partial charge on any atom is -0.481 e. The number of hydrogen-bond donors (Lipinski definition) is 2. The van der Waals surface area contributed by atoms with Gasteiger partial charge in [-0.05, 0) is 18.9 Å². The van der Waals surface area contributed by atoms with Crippen molar-refractivity contribution in [3.05, 3.63) is 24.3 Å². The Morgan fingerprint density at radius 1 is 0.926 bits per heavy atom. The lowest BCUT2D eigenvalue weighted by Crippen LogP contribution is -2.54. The fourth-order valence-electron chi connectivity index (χ4n) is 3.12. The van der Waals surface area contributed by atoms with E-state index < -0.39 is 23.8 Å². The predicted molar refractivity (Wildman–Crippen MR) is 111 cm³/mol. The van der Waals surface area contributed by atoms with Crippen molar-refractivity contribution in [1.29, 1.82) is 0 Å². The average Bonchev–Trinajstić information content (AvgIpc) is 2.53. The average molecular weight is 383 g/mol. The van der Waals surface area contributed by atoms with Crippen LogP contribution in [0, 0.1) is 0 Å². The summed E-state index contributed by atoms with van der Waals surface area (Å²) in [5.74, 6) is -1.74. The van der Waals surface area contributed by atoms with Crippen LogP contribution in [0.2, 0.25) is 0 Å². The second kappa shape index (κ2) is 13.7. The number of rotatable bonds is 16. The first-order valence-electron chi connectivity index (χ1n) is 10.2. The normalized spacial score (nSPS) is 14.7. The molecule has 0 saturated carbocycles. The third kappa shape index (κ3) is 14.3. The highest BCUT2D eigenvalue weighted by molar-refractivity contribution is 5.99. The van der Waals surface area contributed by atoms with Gasteiger partial charge in [-0.25, -0.2) is 0 Å². The van der Waals surface area contributed by atoms with Crippen molar-refractivity contribution in [2.45, 2.75) is 76.7 Å². The van der Waals surface area contributed by atoms with E-state index >= 15 is 0 Å². The minimum atomic E-state index is -1.88. The molecule has 0 aliphatic carbocycles. The van der Waals surface area contributed by atoms with Gasteiger partial charge in [0.05, 0.1) is 27.6 Å². The lowest BCUT2D eigenvalue weighted by atomic mass is 9.92. The Morgan fingerprint density at radius 2 is 1.48 bits per heavy atom. The van der Waals surface area contributed by atoms with Crippen LogP contribution in [0.3, 0.4) is 0 Å². The molecule has 0 aliphatic rings. The van der Waals surface area contributed by atoms with E-state index in [1.165, 1.54) is 51.0 Å². The van der Waals surface area contributed by atoms with Crippen molar-refractivity contribution in [3.63, 3.8) is 0 Å². The first-order valence-corrected chi connectivity index (χ1v) is 10.2. The number of carbonyl (C=O) groups excluding carboxylic acids is 1. The molecule has 2 N–H and O–H groups in total. The number of carboxylic acid groups (broad SMARTS) is 1. The Morgan fingerprint density at radius 3 is 2.00 bits per heavy atom. The summed E-state index contributed by atoms with van der Waals surface area (Å²) in [6, 6.07) is 0. The predicted octanol–water partition coefficient (Wildman–Crippen LogP) is 4.11. The zero-order valence-electron chi connectivity index (χ0n) is 17.7. The van der Waals surface area contributed by atoms with E-state index in [-0.39, 0.29) is 6.54 Å². The smallest absolute Gasteiger partial charge is 0.307 e. The molecule has 0 amide bonds. The molecule has 0 aliphatic heterocycles. The molecule has 5 nitrogen and oxygen atoms in total. The number of carboxylic acids is 1. The summed E-state index contributed by atoms with van der Waals surface area (Å²) in [6.07, 6.45) is 17.3. The lowest BCUT2D eigenvalue weighted by molar-refractivity contribution is -0.875. The second-order valence-electron chi connectivity index (χ2n) is 8.47. The molecule has 0 aromatic rings. The maximum absolute atomic E-state index is 12.3. The van der Waals surface area contributed by atoms with E-state index in [1.54, 1.807) is 12.2 Å². The Kier molecular flexibility index (Phi) is 12.9. The Bertz CT molecular complexity index is 491. The van der Waals surface area contributed by atoms with E-state index in [0.29, 0.717) is 4.48 Å². The quantitative estimate of drug-likeness (QED) is 0.182. The maximum Gasteiger partial charge on any atom is 0.307 e. The third-order valence-corrected chi connectivity index (χ3v) is 4.36. The fraction of sp³-hybridized carbons (Fsp3) is 0.727. The number of aliphatic carboxylic acids is 1. The minimum absolute atomic E-state index is 0.0461. The van der Waals surface area contributed by atoms with Gasteiger partial charge >= 0.3 is 5.97 Å². The highest BCUT2D eigenvalue weighted by Gasteiger charge is 2.41. The summed E-state index contributed by atoms with van der Waals surface area (Å²) >= 11 is 0. The first-order chi connectivity index (χ1) is 12.6. The van der Waals surface area contributed by atoms with E-state index in [0.717, 1.165) is 12.8 Å². The molecule has 27 heavy (non-hydrogen) atoms. The Labute approximate surface area is 165 Å². The van der Waals surface area contributed by atoms with E-state index in [9.17, 15) is 14.7 Å². The standard InChI is InChI=1S/C22H39NO4/c1-5-6-7-8-9-10-11-12-13-14-15-16-17-20(24)22(27,18-21(25)26)19-23(2,3)4/h14-17,27H,5-13,18-19H2,1-4H3/p+1. The van der Waals surface area contributed by atoms with Gasteiger partial charge in [-0.15, -0.1) is 0 Å². The van der Waals surface area contributed by atoms with Crippen molar-refractivity contribution in [2.24, 2.45) is 0 Å². The third-order valence-electron chi connectivity index (χ3n) is 4.36. The van der Waals surface area contributed by atoms with Crippen LogP contribution in [0.25, 0.3) is 0 Å². The van der Waals surface area contributed by atoms with Crippen molar-refractivity contribution in [2.75, 3.05) is 27.7 Å². The first kappa shape index (κ1) is 25.5. The summed E-state index contributed by atoms with van der Waals surface area (Å²) in [4.78, 5) is 23.3. The van der Waals surface area contributed by atoms with Crippen LogP contribution in [0.15, 0.2) is 24.3 Å². The van der Waals surface area contributed by atoms with E-state index in [2.05, 4.69) is 6.92 Å². The van der Waals surface area contributed by atoms with E-state index in [4.69, 9.17) is 5.11 Å². The van der Waals surface area contributed by atoms with Gasteiger partial charge in [0.15, 0.2) is 11.4 Å². The fourth-order valence-corrected chi connectivity index (χ4v) is 3.12. The molecule has 0 radical (unpaired) electrons. The van der Waals surface area contributed by atoms with Crippen LogP contribution in [-0.4, -0.2) is 59.7 Å². The SMILES string of the molecule is CCCCCCCCCCC=CC=CC(=O)C(O)(CC(=O)O)C[N+](C)(C)C. The number of ketones is 1. The number of allylic oxidation sites excluding steroid dienone is 3. The topological polar surface area (TPSA) is 74.6 Å². The molecule has 0 heterocycles. The van der Waals surface area contributed by atoms with Gasteiger partial charge in [-0.2, -0.15) is 0 Å². The molecular formula is C22H40NO4+. The van der Waals surface area contributed by atoms with Gasteiger partial charge in [-0.3, -0.25) is 9.59 Å². The molecule has 5 heteroatoms. The molecule has 0 saturated heterocycles. The van der Waals surface area contributed by atoms with E-state index in [1.807, 2.05) is 27.2 Å². The number of aliphatic hydroxyl groups is 1. The van der Waals surface area contributed by atoms with Crippen molar-refractivity contribution < 1.29 is 24.3 Å². The number of hydrogen-bond acceptors (Lipinski definition) is 3. The van der Waals surface area contributed by atoms with Crippen LogP contribution in [0.5, 0.6) is 0 Å². The van der Waals surface area contributed by atoms with Crippen molar-refractivity contribution in [3.8, 4) is 0 Å². The number of carbonyl (C=O) groups is 2. The molecule has 0 bridgehead atoms. The van der Waals surface area contributed by atoms with Gasteiger partial charge < -0.3 is 14.7 Å². The van der Waals surface area contributed by atoms with Gasteiger partial charge in [0, 0.05) is 0 Å². The summed E-state index contributed by atoms with van der Waals surface area (Å²) in [5.41, 5.74) is -1.88. The van der Waals surface area contributed by atoms with Gasteiger partial charge in [0.2, 0.25) is 0 Å². The Balaban J connectivity index is 4.24. The summed E-state index contributed by atoms with van der Waals surface area (Å²) < 4.78 is 0.303. The van der Waals surface area contributed by atoms with Crippen molar-refractivity contribution >= 4 is 11.8 Å². The zero-order valence-corrected chi connectivity index (χ0v) is 17.7. The maximum atomic E-state index is 12.3. The largest absolute Gasteiger partial charge is 0.481 e. The van der Waals surface area contributed by atoms with Crippen LogP contribution in [0.1, 0.15) is 71.1 Å². The Hall–Kier alpha value is -1.46. The summed E-state index contributed by atoms with van der Waals surface area (Å²) in [5, 5.41) is 19.6. The molecule has 0 aromatic carbocycles. The number of unbranched alkanes of at least 4 members (excludes halogenated alkanes) is 8. The number of likely N-dealkylation sites (N-methyl/N-ethyl adjacent to an activating group) is 1. The monoisotopic (exact) mass is 382 g/mol. The van der Waals surface area contributed by atoms with Crippen LogP contribution in [-0.2, 0) is 9.59 Å². The summed E-state index contributed by atoms with van der Waals surface area (Å²) in [7, 11) is 5.44. The molecule has 1 unspecified atom stereocenters. The van der Waals surface area contributed by atoms with Crippen LogP contribution in [0.4, 0.5) is 0 Å². The number of quaternary nitrogens is 1. The van der Waals surface area contributed by atoms with Crippen LogP contribution < -0.4 is 0 Å². The molecule has 0 fully saturated rings. The molecule has 0 spiro atoms. The molecule has 0 rings (SSSR count). The lowest BCUT2D eigenvalue weighted by Gasteiger charge is -2.33. The van der Waals surface area contributed by atoms with Gasteiger partial charge in [0.1, 0.15) is 6.54 Å². The highest BCUT2D eigenvalue weighted by Crippen LogP contribution is 2.17.